The number of hydrogen-bond acceptors (Lipinski definition) is 5. The lowest BCUT2D eigenvalue weighted by molar-refractivity contribution is -0.132. The van der Waals surface area contributed by atoms with Crippen molar-refractivity contribution in [3.05, 3.63) is 41.5 Å². The van der Waals surface area contributed by atoms with E-state index in [1.54, 1.807) is 45.0 Å². The monoisotopic (exact) mass is 351 g/mol. The van der Waals surface area contributed by atoms with Gasteiger partial charge in [-0.1, -0.05) is 18.2 Å². The molecule has 7 heteroatoms. The van der Waals surface area contributed by atoms with Crippen molar-refractivity contribution in [2.45, 2.75) is 39.3 Å². The van der Waals surface area contributed by atoms with E-state index in [1.807, 2.05) is 0 Å². The van der Waals surface area contributed by atoms with Crippen LogP contribution >= 0.6 is 0 Å². The van der Waals surface area contributed by atoms with Crippen LogP contribution in [0.4, 0.5) is 4.79 Å². The molecular formula is C18H25NO6. The van der Waals surface area contributed by atoms with Gasteiger partial charge in [0.2, 0.25) is 0 Å². The predicted octanol–water partition coefficient (Wildman–Crippen LogP) is 3.27. The van der Waals surface area contributed by atoms with Gasteiger partial charge >= 0.3 is 12.1 Å². The largest absolute Gasteiger partial charge is 0.478 e. The molecule has 0 fully saturated rings. The fraction of sp³-hybridized carbons (Fsp3) is 0.444. The zero-order chi connectivity index (χ0) is 19.0. The van der Waals surface area contributed by atoms with Gasteiger partial charge < -0.3 is 24.6 Å². The fourth-order valence-electron chi connectivity index (χ4n) is 1.96. The minimum absolute atomic E-state index is 0.0256. The summed E-state index contributed by atoms with van der Waals surface area (Å²) in [6, 6.07) is 6.25. The quantitative estimate of drug-likeness (QED) is 0.578. The molecule has 1 aromatic rings. The second-order valence-corrected chi connectivity index (χ2v) is 6.37. The summed E-state index contributed by atoms with van der Waals surface area (Å²) in [5.74, 6) is -0.605. The van der Waals surface area contributed by atoms with Gasteiger partial charge in [0.15, 0.2) is 6.79 Å². The summed E-state index contributed by atoms with van der Waals surface area (Å²) in [7, 11) is 1.49. The first-order valence-corrected chi connectivity index (χ1v) is 7.76. The number of amides is 1. The highest BCUT2D eigenvalue weighted by Gasteiger charge is 2.22. The minimum Gasteiger partial charge on any atom is -0.478 e. The van der Waals surface area contributed by atoms with Crippen LogP contribution < -0.4 is 10.1 Å². The van der Waals surface area contributed by atoms with Crippen LogP contribution in [0.3, 0.4) is 0 Å². The molecule has 0 bridgehead atoms. The highest BCUT2D eigenvalue weighted by atomic mass is 16.7. The lowest BCUT2D eigenvalue weighted by Gasteiger charge is -2.23. The summed E-state index contributed by atoms with van der Waals surface area (Å²) < 4.78 is 15.7. The molecule has 25 heavy (non-hydrogen) atoms. The van der Waals surface area contributed by atoms with Crippen LogP contribution in [0.15, 0.2) is 35.9 Å². The lowest BCUT2D eigenvalue weighted by atomic mass is 10.0. The molecule has 1 rings (SSSR count). The van der Waals surface area contributed by atoms with E-state index in [1.165, 1.54) is 20.1 Å². The fourth-order valence-corrected chi connectivity index (χ4v) is 1.96. The molecular weight excluding hydrogens is 326 g/mol. The van der Waals surface area contributed by atoms with Gasteiger partial charge in [0.1, 0.15) is 11.4 Å². The second-order valence-electron chi connectivity index (χ2n) is 6.37. The first-order valence-electron chi connectivity index (χ1n) is 7.76. The van der Waals surface area contributed by atoms with Gasteiger partial charge in [0.05, 0.1) is 6.04 Å². The molecule has 0 aliphatic carbocycles. The average Bonchev–Trinajstić information content (AvgIpc) is 2.50. The standard InChI is InChI=1S/C18H25NO6/c1-12(16(20)21)10-14(19-17(22)25-18(2,3)4)13-8-6-7-9-15(13)24-11-23-5/h6-10,14H,11H2,1-5H3,(H,19,22)(H,20,21). The van der Waals surface area contributed by atoms with E-state index in [0.717, 1.165) is 0 Å². The van der Waals surface area contributed by atoms with Crippen molar-refractivity contribution in [2.75, 3.05) is 13.9 Å². The highest BCUT2D eigenvalue weighted by molar-refractivity contribution is 5.86. The Balaban J connectivity index is 3.17. The van der Waals surface area contributed by atoms with Crippen LogP contribution in [0.5, 0.6) is 5.75 Å². The normalized spacial score (nSPS) is 13.1. The van der Waals surface area contributed by atoms with E-state index in [-0.39, 0.29) is 12.4 Å². The van der Waals surface area contributed by atoms with Crippen LogP contribution in [0.25, 0.3) is 0 Å². The number of ether oxygens (including phenoxy) is 3. The summed E-state index contributed by atoms with van der Waals surface area (Å²) in [5.41, 5.74) is 0.000295. The first kappa shape index (κ1) is 20.5. The number of methoxy groups -OCH3 is 1. The summed E-state index contributed by atoms with van der Waals surface area (Å²) in [5, 5.41) is 11.8. The molecule has 2 N–H and O–H groups in total. The number of hydrogen-bond donors (Lipinski definition) is 2. The third-order valence-corrected chi connectivity index (χ3v) is 3.01. The summed E-state index contributed by atoms with van der Waals surface area (Å²) in [6.45, 7) is 6.71. The number of carboxylic acids is 1. The SMILES string of the molecule is COCOc1ccccc1C(C=C(C)C(=O)O)NC(=O)OC(C)(C)C. The van der Waals surface area contributed by atoms with Crippen LogP contribution in [0, 0.1) is 0 Å². The molecule has 0 saturated carbocycles. The third-order valence-electron chi connectivity index (χ3n) is 3.01. The molecule has 0 aliphatic heterocycles. The number of benzene rings is 1. The lowest BCUT2D eigenvalue weighted by Crippen LogP contribution is -2.34. The molecule has 0 aromatic heterocycles. The number of para-hydroxylation sites is 1. The van der Waals surface area contributed by atoms with Gasteiger partial charge in [-0.2, -0.15) is 0 Å². The van der Waals surface area contributed by atoms with Crippen molar-refractivity contribution < 1.29 is 28.9 Å². The zero-order valence-corrected chi connectivity index (χ0v) is 15.2. The molecule has 0 saturated heterocycles. The van der Waals surface area contributed by atoms with Gasteiger partial charge in [0, 0.05) is 18.2 Å². The van der Waals surface area contributed by atoms with E-state index in [0.29, 0.717) is 11.3 Å². The Morgan fingerprint density at radius 3 is 2.48 bits per heavy atom. The molecule has 0 radical (unpaired) electrons. The number of nitrogens with one attached hydrogen (secondary N) is 1. The van der Waals surface area contributed by atoms with Crippen LogP contribution in [0.2, 0.25) is 0 Å². The zero-order valence-electron chi connectivity index (χ0n) is 15.2. The Morgan fingerprint density at radius 2 is 1.92 bits per heavy atom. The molecule has 1 atom stereocenters. The highest BCUT2D eigenvalue weighted by Crippen LogP contribution is 2.27. The number of alkyl carbamates (subject to hydrolysis) is 1. The number of carbonyl (C=O) groups is 2. The van der Waals surface area contributed by atoms with E-state index in [9.17, 15) is 9.59 Å². The summed E-state index contributed by atoms with van der Waals surface area (Å²) >= 11 is 0. The predicted molar refractivity (Wildman–Crippen MR) is 92.4 cm³/mol. The maximum Gasteiger partial charge on any atom is 0.408 e. The summed E-state index contributed by atoms with van der Waals surface area (Å²) in [4.78, 5) is 23.3. The van der Waals surface area contributed by atoms with Gasteiger partial charge in [-0.15, -0.1) is 0 Å². The number of rotatable bonds is 7. The van der Waals surface area contributed by atoms with Crippen LogP contribution in [0.1, 0.15) is 39.3 Å². The van der Waals surface area contributed by atoms with Gasteiger partial charge in [-0.3, -0.25) is 0 Å². The van der Waals surface area contributed by atoms with Crippen molar-refractivity contribution in [3.8, 4) is 5.75 Å². The van der Waals surface area contributed by atoms with E-state index in [4.69, 9.17) is 19.3 Å². The molecule has 0 heterocycles. The third kappa shape index (κ3) is 7.26. The maximum atomic E-state index is 12.1. The Kier molecular flexibility index (Phi) is 7.44. The van der Waals surface area contributed by atoms with E-state index >= 15 is 0 Å². The van der Waals surface area contributed by atoms with Crippen molar-refractivity contribution in [3.63, 3.8) is 0 Å². The molecule has 7 nitrogen and oxygen atoms in total. The van der Waals surface area contributed by atoms with Gasteiger partial charge in [0.25, 0.3) is 0 Å². The maximum absolute atomic E-state index is 12.1. The molecule has 138 valence electrons. The molecule has 1 unspecified atom stereocenters. The number of carboxylic acid groups (broad SMARTS) is 1. The Hall–Kier alpha value is -2.54. The van der Waals surface area contributed by atoms with Crippen molar-refractivity contribution in [2.24, 2.45) is 0 Å². The number of aliphatic carboxylic acids is 1. The van der Waals surface area contributed by atoms with Gasteiger partial charge in [-0.25, -0.2) is 9.59 Å². The number of carbonyl (C=O) groups excluding carboxylic acids is 1. The Morgan fingerprint density at radius 1 is 1.28 bits per heavy atom. The first-order chi connectivity index (χ1) is 11.6. The summed E-state index contributed by atoms with van der Waals surface area (Å²) in [6.07, 6.45) is 0.773. The van der Waals surface area contributed by atoms with E-state index in [2.05, 4.69) is 5.32 Å². The van der Waals surface area contributed by atoms with Crippen LogP contribution in [-0.2, 0) is 14.3 Å². The Labute approximate surface area is 147 Å². The smallest absolute Gasteiger partial charge is 0.408 e. The van der Waals surface area contributed by atoms with Crippen LogP contribution in [-0.4, -0.2) is 36.7 Å². The molecule has 1 aromatic carbocycles. The Bertz CT molecular complexity index is 633. The minimum atomic E-state index is -1.08. The second kappa shape index (κ2) is 9.08. The van der Waals surface area contributed by atoms with Crippen molar-refractivity contribution in [1.29, 1.82) is 0 Å². The molecule has 0 aliphatic rings. The molecule has 1 amide bonds. The molecule has 0 spiro atoms. The topological polar surface area (TPSA) is 94.1 Å². The van der Waals surface area contributed by atoms with Crippen molar-refractivity contribution in [1.82, 2.24) is 5.32 Å². The van der Waals surface area contributed by atoms with Gasteiger partial charge in [-0.05, 0) is 39.8 Å². The van der Waals surface area contributed by atoms with Crippen molar-refractivity contribution >= 4 is 12.1 Å². The average molecular weight is 351 g/mol. The van der Waals surface area contributed by atoms with E-state index < -0.39 is 23.7 Å².